The second-order valence-corrected chi connectivity index (χ2v) is 4.98. The van der Waals surface area contributed by atoms with Crippen LogP contribution in [-0.4, -0.2) is 10.9 Å². The van der Waals surface area contributed by atoms with Crippen LogP contribution in [0, 0.1) is 22.7 Å². The van der Waals surface area contributed by atoms with Crippen molar-refractivity contribution in [2.75, 3.05) is 5.75 Å². The van der Waals surface area contributed by atoms with Gasteiger partial charge in [0.1, 0.15) is 0 Å². The smallest absolute Gasteiger partial charge is 0.185 e. The summed E-state index contributed by atoms with van der Waals surface area (Å²) in [5.74, 6) is 1.11. The molecule has 0 aromatic heterocycles. The van der Waals surface area contributed by atoms with E-state index in [0.717, 1.165) is 18.6 Å². The fourth-order valence-corrected chi connectivity index (χ4v) is 2.40. The maximum absolute atomic E-state index is 10.7. The number of hydrogen-bond acceptors (Lipinski definition) is 3. The summed E-state index contributed by atoms with van der Waals surface area (Å²) in [5.41, 5.74) is 0.247. The summed E-state index contributed by atoms with van der Waals surface area (Å²) in [7, 11) is 0. The van der Waals surface area contributed by atoms with Gasteiger partial charge in [-0.2, -0.15) is 5.26 Å². The summed E-state index contributed by atoms with van der Waals surface area (Å²) < 4.78 is 0. The monoisotopic (exact) mass is 183 g/mol. The maximum atomic E-state index is 10.7. The Hall–Kier alpha value is -0.490. The van der Waals surface area contributed by atoms with Crippen LogP contribution in [-0.2, 0) is 4.79 Å². The number of thioether (sulfide) groups is 1. The zero-order valence-corrected chi connectivity index (χ0v) is 8.28. The van der Waals surface area contributed by atoms with Crippen molar-refractivity contribution in [3.05, 3.63) is 0 Å². The van der Waals surface area contributed by atoms with Crippen molar-refractivity contribution in [1.29, 1.82) is 5.26 Å². The predicted molar refractivity (Wildman–Crippen MR) is 49.6 cm³/mol. The highest BCUT2D eigenvalue weighted by molar-refractivity contribution is 8.13. The molecule has 12 heavy (non-hydrogen) atoms. The molecule has 0 heterocycles. The molecule has 1 aliphatic carbocycles. The van der Waals surface area contributed by atoms with Crippen molar-refractivity contribution in [2.45, 2.75) is 26.7 Å². The molecule has 0 bridgehead atoms. The van der Waals surface area contributed by atoms with Crippen molar-refractivity contribution in [3.8, 4) is 6.07 Å². The highest BCUT2D eigenvalue weighted by Crippen LogP contribution is 2.46. The Labute approximate surface area is 77.3 Å². The highest BCUT2D eigenvalue weighted by atomic mass is 32.2. The molecule has 0 aromatic rings. The number of carbonyl (C=O) groups excluding carboxylic acids is 1. The maximum Gasteiger partial charge on any atom is 0.185 e. The van der Waals surface area contributed by atoms with Crippen molar-refractivity contribution in [1.82, 2.24) is 0 Å². The van der Waals surface area contributed by atoms with Gasteiger partial charge < -0.3 is 0 Å². The fourth-order valence-electron chi connectivity index (χ4n) is 1.61. The fraction of sp³-hybridized carbons (Fsp3) is 0.778. The zero-order valence-electron chi connectivity index (χ0n) is 7.46. The first-order valence-corrected chi connectivity index (χ1v) is 5.07. The molecule has 0 aromatic carbocycles. The molecule has 3 heteroatoms. The van der Waals surface area contributed by atoms with Crippen LogP contribution in [0.15, 0.2) is 0 Å². The minimum absolute atomic E-state index is 0.177. The van der Waals surface area contributed by atoms with E-state index in [2.05, 4.69) is 13.0 Å². The van der Waals surface area contributed by atoms with E-state index in [4.69, 9.17) is 5.26 Å². The molecule has 66 valence electrons. The van der Waals surface area contributed by atoms with Crippen LogP contribution in [0.4, 0.5) is 0 Å². The lowest BCUT2D eigenvalue weighted by molar-refractivity contribution is -0.109. The van der Waals surface area contributed by atoms with Gasteiger partial charge in [0.2, 0.25) is 0 Å². The molecule has 0 unspecified atom stereocenters. The first-order chi connectivity index (χ1) is 5.56. The Kier molecular flexibility index (Phi) is 2.79. The summed E-state index contributed by atoms with van der Waals surface area (Å²) in [5, 5.41) is 8.75. The van der Waals surface area contributed by atoms with Crippen molar-refractivity contribution in [2.24, 2.45) is 11.3 Å². The van der Waals surface area contributed by atoms with E-state index < -0.39 is 0 Å². The minimum Gasteiger partial charge on any atom is -0.288 e. The Morgan fingerprint density at radius 3 is 2.75 bits per heavy atom. The lowest BCUT2D eigenvalue weighted by atomic mass is 9.65. The van der Waals surface area contributed by atoms with E-state index in [-0.39, 0.29) is 16.4 Å². The van der Waals surface area contributed by atoms with E-state index in [9.17, 15) is 4.79 Å². The average Bonchev–Trinajstić information content (AvgIpc) is 1.95. The van der Waals surface area contributed by atoms with Crippen LogP contribution >= 0.6 is 11.8 Å². The van der Waals surface area contributed by atoms with Gasteiger partial charge in [-0.05, 0) is 18.3 Å². The molecule has 0 saturated heterocycles. The first kappa shape index (κ1) is 9.60. The number of nitriles is 1. The molecule has 1 aliphatic rings. The Morgan fingerprint density at radius 1 is 1.75 bits per heavy atom. The van der Waals surface area contributed by atoms with Gasteiger partial charge in [-0.15, -0.1) is 0 Å². The number of rotatable bonds is 2. The van der Waals surface area contributed by atoms with Crippen molar-refractivity contribution in [3.63, 3.8) is 0 Å². The van der Waals surface area contributed by atoms with E-state index in [1.807, 2.05) is 0 Å². The second kappa shape index (κ2) is 3.49. The minimum atomic E-state index is 0.177. The zero-order chi connectivity index (χ0) is 9.19. The van der Waals surface area contributed by atoms with Gasteiger partial charge in [0, 0.05) is 18.6 Å². The third kappa shape index (κ3) is 2.25. The molecule has 0 amide bonds. The lowest BCUT2D eigenvalue weighted by Crippen LogP contribution is -2.36. The van der Waals surface area contributed by atoms with Gasteiger partial charge >= 0.3 is 0 Å². The Bertz CT molecular complexity index is 225. The number of hydrogen-bond donors (Lipinski definition) is 0. The van der Waals surface area contributed by atoms with Gasteiger partial charge in [0.15, 0.2) is 5.12 Å². The van der Waals surface area contributed by atoms with Crippen LogP contribution < -0.4 is 0 Å². The molecule has 1 rings (SSSR count). The molecule has 0 atom stereocenters. The highest BCUT2D eigenvalue weighted by Gasteiger charge is 2.40. The lowest BCUT2D eigenvalue weighted by Gasteiger charge is -2.41. The molecule has 0 N–H and O–H groups in total. The number of carbonyl (C=O) groups is 1. The van der Waals surface area contributed by atoms with Crippen LogP contribution in [0.2, 0.25) is 0 Å². The summed E-state index contributed by atoms with van der Waals surface area (Å²) in [4.78, 5) is 10.7. The summed E-state index contributed by atoms with van der Waals surface area (Å²) in [6, 6.07) is 2.25. The summed E-state index contributed by atoms with van der Waals surface area (Å²) in [6.45, 7) is 3.74. The molecule has 1 saturated carbocycles. The largest absolute Gasteiger partial charge is 0.288 e. The first-order valence-electron chi connectivity index (χ1n) is 4.09. The average molecular weight is 183 g/mol. The third-order valence-electron chi connectivity index (χ3n) is 2.28. The Morgan fingerprint density at radius 2 is 2.33 bits per heavy atom. The van der Waals surface area contributed by atoms with Gasteiger partial charge in [0.25, 0.3) is 0 Å². The van der Waals surface area contributed by atoms with Crippen molar-refractivity contribution < 1.29 is 4.79 Å². The predicted octanol–water partition coefficient (Wildman–Crippen LogP) is 2.21. The molecule has 1 fully saturated rings. The van der Waals surface area contributed by atoms with E-state index >= 15 is 0 Å². The quantitative estimate of drug-likeness (QED) is 0.659. The molecular formula is C9H13NOS. The second-order valence-electron chi connectivity index (χ2n) is 3.83. The van der Waals surface area contributed by atoms with Gasteiger partial charge in [-0.3, -0.25) is 4.79 Å². The van der Waals surface area contributed by atoms with E-state index in [0.29, 0.717) is 0 Å². The normalized spacial score (nSPS) is 33.6. The standard InChI is InChI=1S/C9H13NOS/c1-7(11)12-6-9(2)3-8(4-9)5-10/h8H,3-4,6H2,1-2H3. The molecular weight excluding hydrogens is 170 g/mol. The van der Waals surface area contributed by atoms with Crippen LogP contribution in [0.5, 0.6) is 0 Å². The molecule has 0 spiro atoms. The molecule has 0 radical (unpaired) electrons. The molecule has 2 nitrogen and oxygen atoms in total. The van der Waals surface area contributed by atoms with E-state index in [1.165, 1.54) is 11.8 Å². The Balaban J connectivity index is 2.26. The topological polar surface area (TPSA) is 40.9 Å². The van der Waals surface area contributed by atoms with Gasteiger partial charge in [-0.1, -0.05) is 18.7 Å². The van der Waals surface area contributed by atoms with E-state index in [1.54, 1.807) is 6.92 Å². The van der Waals surface area contributed by atoms with Gasteiger partial charge in [0.05, 0.1) is 6.07 Å². The van der Waals surface area contributed by atoms with Crippen molar-refractivity contribution >= 4 is 16.9 Å². The number of nitrogens with zero attached hydrogens (tertiary/aromatic N) is 1. The SMILES string of the molecule is CC(=O)SCC1(C)CC(C#N)C1. The van der Waals surface area contributed by atoms with Crippen LogP contribution in [0.1, 0.15) is 26.7 Å². The molecule has 0 aliphatic heterocycles. The summed E-state index contributed by atoms with van der Waals surface area (Å²) in [6.07, 6.45) is 1.92. The van der Waals surface area contributed by atoms with Crippen LogP contribution in [0.25, 0.3) is 0 Å². The van der Waals surface area contributed by atoms with Crippen LogP contribution in [0.3, 0.4) is 0 Å². The summed E-state index contributed by atoms with van der Waals surface area (Å²) >= 11 is 1.38. The third-order valence-corrected chi connectivity index (χ3v) is 3.53. The van der Waals surface area contributed by atoms with Gasteiger partial charge in [-0.25, -0.2) is 0 Å².